The lowest BCUT2D eigenvalue weighted by atomic mass is 10.1. The van der Waals surface area contributed by atoms with Crippen molar-refractivity contribution in [3.05, 3.63) is 78.9 Å². The van der Waals surface area contributed by atoms with Crippen molar-refractivity contribution in [2.75, 3.05) is 18.5 Å². The standard InChI is InChI=1S/C23H24N2O2S/c24-23(28)25-20-9-6-10-22(17-20)27-16-5-4-15-26-21-13-11-19(12-14-21)18-7-2-1-3-8-18/h1-3,6-14,17H,4-5,15-16H2,(H3,24,25,28). The number of nitrogens with two attached hydrogens (primary N) is 1. The average Bonchev–Trinajstić information content (AvgIpc) is 2.71. The van der Waals surface area contributed by atoms with Crippen LogP contribution in [-0.4, -0.2) is 18.3 Å². The van der Waals surface area contributed by atoms with Crippen LogP contribution in [0.1, 0.15) is 12.8 Å². The van der Waals surface area contributed by atoms with Gasteiger partial charge in [0.25, 0.3) is 0 Å². The molecule has 0 saturated heterocycles. The van der Waals surface area contributed by atoms with E-state index < -0.39 is 0 Å². The van der Waals surface area contributed by atoms with Crippen LogP contribution in [0.4, 0.5) is 5.69 Å². The molecule has 0 amide bonds. The van der Waals surface area contributed by atoms with Crippen molar-refractivity contribution in [2.45, 2.75) is 12.8 Å². The number of hydrogen-bond acceptors (Lipinski definition) is 3. The molecule has 3 rings (SSSR count). The molecule has 5 heteroatoms. The summed E-state index contributed by atoms with van der Waals surface area (Å²) in [6.45, 7) is 1.30. The lowest BCUT2D eigenvalue weighted by molar-refractivity contribution is 0.266. The first-order valence-electron chi connectivity index (χ1n) is 9.28. The number of hydrogen-bond donors (Lipinski definition) is 2. The van der Waals surface area contributed by atoms with Crippen LogP contribution < -0.4 is 20.5 Å². The zero-order chi connectivity index (χ0) is 19.6. The first kappa shape index (κ1) is 19.7. The largest absolute Gasteiger partial charge is 0.494 e. The molecule has 0 fully saturated rings. The van der Waals surface area contributed by atoms with E-state index in [1.807, 2.05) is 54.6 Å². The fourth-order valence-corrected chi connectivity index (χ4v) is 2.88. The summed E-state index contributed by atoms with van der Waals surface area (Å²) in [7, 11) is 0. The molecule has 3 N–H and O–H groups in total. The number of rotatable bonds is 9. The zero-order valence-electron chi connectivity index (χ0n) is 15.6. The van der Waals surface area contributed by atoms with Crippen LogP contribution in [0.3, 0.4) is 0 Å². The highest BCUT2D eigenvalue weighted by molar-refractivity contribution is 7.80. The van der Waals surface area contributed by atoms with Gasteiger partial charge in [-0.05, 0) is 60.5 Å². The predicted octanol–water partition coefficient (Wildman–Crippen LogP) is 5.25. The number of ether oxygens (including phenoxy) is 2. The lowest BCUT2D eigenvalue weighted by Crippen LogP contribution is -2.18. The summed E-state index contributed by atoms with van der Waals surface area (Å²) in [5.41, 5.74) is 8.70. The van der Waals surface area contributed by atoms with Gasteiger partial charge in [0.2, 0.25) is 0 Å². The molecular formula is C23H24N2O2S. The number of thiocarbonyl (C=S) groups is 1. The predicted molar refractivity (Wildman–Crippen MR) is 119 cm³/mol. The Kier molecular flexibility index (Phi) is 7.27. The van der Waals surface area contributed by atoms with Gasteiger partial charge >= 0.3 is 0 Å². The maximum absolute atomic E-state index is 5.82. The highest BCUT2D eigenvalue weighted by Crippen LogP contribution is 2.22. The molecule has 0 heterocycles. The van der Waals surface area contributed by atoms with E-state index >= 15 is 0 Å². The molecule has 0 radical (unpaired) electrons. The molecule has 0 bridgehead atoms. The fraction of sp³-hybridized carbons (Fsp3) is 0.174. The van der Waals surface area contributed by atoms with Crippen molar-refractivity contribution in [1.82, 2.24) is 0 Å². The Morgan fingerprint density at radius 1 is 0.750 bits per heavy atom. The number of anilines is 1. The van der Waals surface area contributed by atoms with Gasteiger partial charge in [-0.3, -0.25) is 0 Å². The summed E-state index contributed by atoms with van der Waals surface area (Å²) in [4.78, 5) is 0. The third kappa shape index (κ3) is 6.28. The SMILES string of the molecule is NC(=S)Nc1cccc(OCCCCOc2ccc(-c3ccccc3)cc2)c1. The Hall–Kier alpha value is -3.05. The molecule has 4 nitrogen and oxygen atoms in total. The number of nitrogens with one attached hydrogen (secondary N) is 1. The van der Waals surface area contributed by atoms with E-state index in [9.17, 15) is 0 Å². The average molecular weight is 393 g/mol. The molecule has 0 spiro atoms. The van der Waals surface area contributed by atoms with Gasteiger partial charge in [0.05, 0.1) is 13.2 Å². The second-order valence-corrected chi connectivity index (χ2v) is 6.75. The smallest absolute Gasteiger partial charge is 0.168 e. The van der Waals surface area contributed by atoms with Crippen LogP contribution in [0.25, 0.3) is 11.1 Å². The Bertz CT molecular complexity index is 883. The van der Waals surface area contributed by atoms with Gasteiger partial charge in [-0.2, -0.15) is 0 Å². The minimum Gasteiger partial charge on any atom is -0.494 e. The summed E-state index contributed by atoms with van der Waals surface area (Å²) in [5.74, 6) is 1.68. The molecule has 0 aliphatic rings. The van der Waals surface area contributed by atoms with Crippen molar-refractivity contribution in [1.29, 1.82) is 0 Å². The van der Waals surface area contributed by atoms with Crippen LogP contribution in [0, 0.1) is 0 Å². The summed E-state index contributed by atoms with van der Waals surface area (Å²) < 4.78 is 11.6. The van der Waals surface area contributed by atoms with E-state index in [2.05, 4.69) is 29.6 Å². The molecule has 0 unspecified atom stereocenters. The highest BCUT2D eigenvalue weighted by Gasteiger charge is 2.00. The minimum absolute atomic E-state index is 0.242. The summed E-state index contributed by atoms with van der Waals surface area (Å²) in [5, 5.41) is 3.14. The Morgan fingerprint density at radius 3 is 2.07 bits per heavy atom. The van der Waals surface area contributed by atoms with Gasteiger partial charge in [0.15, 0.2) is 5.11 Å². The van der Waals surface area contributed by atoms with Crippen LogP contribution in [0.15, 0.2) is 78.9 Å². The summed E-state index contributed by atoms with van der Waals surface area (Å²) in [6, 6.07) is 26.1. The van der Waals surface area contributed by atoms with Crippen molar-refractivity contribution in [3.8, 4) is 22.6 Å². The molecule has 0 saturated carbocycles. The third-order valence-corrected chi connectivity index (χ3v) is 4.24. The normalized spacial score (nSPS) is 10.3. The topological polar surface area (TPSA) is 56.5 Å². The van der Waals surface area contributed by atoms with Crippen molar-refractivity contribution in [3.63, 3.8) is 0 Å². The van der Waals surface area contributed by atoms with Gasteiger partial charge in [-0.1, -0.05) is 48.5 Å². The van der Waals surface area contributed by atoms with E-state index in [0.29, 0.717) is 13.2 Å². The highest BCUT2D eigenvalue weighted by atomic mass is 32.1. The lowest BCUT2D eigenvalue weighted by Gasteiger charge is -2.10. The molecule has 0 aromatic heterocycles. The van der Waals surface area contributed by atoms with Crippen LogP contribution >= 0.6 is 12.2 Å². The van der Waals surface area contributed by atoms with Gasteiger partial charge < -0.3 is 20.5 Å². The second kappa shape index (κ2) is 10.3. The zero-order valence-corrected chi connectivity index (χ0v) is 16.5. The van der Waals surface area contributed by atoms with Gasteiger partial charge in [-0.25, -0.2) is 0 Å². The Labute approximate surface area is 171 Å². The van der Waals surface area contributed by atoms with Crippen LogP contribution in [0.2, 0.25) is 0 Å². The van der Waals surface area contributed by atoms with Crippen molar-refractivity contribution in [2.24, 2.45) is 5.73 Å². The maximum Gasteiger partial charge on any atom is 0.168 e. The van der Waals surface area contributed by atoms with Crippen LogP contribution in [-0.2, 0) is 0 Å². The Balaban J connectivity index is 1.35. The molecule has 0 aliphatic heterocycles. The fourth-order valence-electron chi connectivity index (χ4n) is 2.76. The van der Waals surface area contributed by atoms with E-state index in [0.717, 1.165) is 30.0 Å². The molecule has 0 aliphatic carbocycles. The summed E-state index contributed by atoms with van der Waals surface area (Å²) in [6.07, 6.45) is 1.83. The summed E-state index contributed by atoms with van der Waals surface area (Å²) >= 11 is 4.84. The van der Waals surface area contributed by atoms with E-state index in [1.165, 1.54) is 11.1 Å². The van der Waals surface area contributed by atoms with Gasteiger partial charge in [0, 0.05) is 11.8 Å². The monoisotopic (exact) mass is 392 g/mol. The van der Waals surface area contributed by atoms with E-state index in [1.54, 1.807) is 0 Å². The van der Waals surface area contributed by atoms with Crippen molar-refractivity contribution < 1.29 is 9.47 Å². The van der Waals surface area contributed by atoms with Crippen LogP contribution in [0.5, 0.6) is 11.5 Å². The first-order valence-corrected chi connectivity index (χ1v) is 9.69. The Morgan fingerprint density at radius 2 is 1.39 bits per heavy atom. The minimum atomic E-state index is 0.242. The van der Waals surface area contributed by atoms with Gasteiger partial charge in [0.1, 0.15) is 11.5 Å². The quantitative estimate of drug-likeness (QED) is 0.385. The first-order chi connectivity index (χ1) is 13.7. The second-order valence-electron chi connectivity index (χ2n) is 6.31. The molecule has 0 atom stereocenters. The van der Waals surface area contributed by atoms with E-state index in [-0.39, 0.29) is 5.11 Å². The van der Waals surface area contributed by atoms with E-state index in [4.69, 9.17) is 27.4 Å². The third-order valence-electron chi connectivity index (χ3n) is 4.14. The molecule has 28 heavy (non-hydrogen) atoms. The maximum atomic E-state index is 5.82. The number of unbranched alkanes of at least 4 members (excludes halogenated alkanes) is 1. The van der Waals surface area contributed by atoms with Gasteiger partial charge in [-0.15, -0.1) is 0 Å². The molecule has 144 valence electrons. The molecule has 3 aromatic carbocycles. The molecule has 3 aromatic rings. The van der Waals surface area contributed by atoms with Crippen molar-refractivity contribution >= 4 is 23.0 Å². The molecular weight excluding hydrogens is 368 g/mol. The number of benzene rings is 3.